The normalized spacial score (nSPS) is 11.0. The Morgan fingerprint density at radius 2 is 1.81 bits per heavy atom. The zero-order valence-corrected chi connectivity index (χ0v) is 13.7. The Morgan fingerprint density at radius 3 is 2.54 bits per heavy atom. The van der Waals surface area contributed by atoms with Crippen molar-refractivity contribution in [2.24, 2.45) is 0 Å². The topological polar surface area (TPSA) is 66.0 Å². The van der Waals surface area contributed by atoms with Crippen LogP contribution in [0.2, 0.25) is 0 Å². The summed E-state index contributed by atoms with van der Waals surface area (Å²) in [4.78, 5) is 19.2. The largest absolute Gasteiger partial charge is 0.388 e. The zero-order chi connectivity index (χ0) is 18.1. The van der Waals surface area contributed by atoms with E-state index in [1.54, 1.807) is 24.3 Å². The Balaban J connectivity index is 1.73. The molecule has 5 heteroatoms. The molecule has 0 aliphatic heterocycles. The summed E-state index contributed by atoms with van der Waals surface area (Å²) in [5, 5.41) is 8.98. The maximum Gasteiger partial charge on any atom is 0.188 e. The van der Waals surface area contributed by atoms with Crippen LogP contribution in [-0.2, 0) is 0 Å². The first-order valence-corrected chi connectivity index (χ1v) is 8.15. The number of benzene rings is 3. The molecule has 0 spiro atoms. The Kier molecular flexibility index (Phi) is 4.07. The van der Waals surface area contributed by atoms with E-state index in [9.17, 15) is 9.18 Å². The standard InChI is InChI=1S/C21H15FN2O2/c22-17-10-15(6-8-16(17)13-4-2-1-3-5-13)21-23-18-9-7-14(20(26)12-25)11-19(18)24-21/h1-11,25H,12H2,(H,23,24). The van der Waals surface area contributed by atoms with Crippen LogP contribution in [0.15, 0.2) is 66.7 Å². The van der Waals surface area contributed by atoms with Gasteiger partial charge < -0.3 is 10.1 Å². The van der Waals surface area contributed by atoms with Gasteiger partial charge in [0.2, 0.25) is 0 Å². The van der Waals surface area contributed by atoms with Crippen LogP contribution in [-0.4, -0.2) is 27.5 Å². The number of rotatable bonds is 4. The van der Waals surface area contributed by atoms with E-state index in [0.717, 1.165) is 5.56 Å². The highest BCUT2D eigenvalue weighted by atomic mass is 19.1. The average molecular weight is 346 g/mol. The Morgan fingerprint density at radius 1 is 1.00 bits per heavy atom. The van der Waals surface area contributed by atoms with E-state index in [-0.39, 0.29) is 11.6 Å². The predicted molar refractivity (Wildman–Crippen MR) is 98.3 cm³/mol. The van der Waals surface area contributed by atoms with Crippen LogP contribution in [0.1, 0.15) is 10.4 Å². The van der Waals surface area contributed by atoms with E-state index in [1.807, 2.05) is 36.4 Å². The van der Waals surface area contributed by atoms with Crippen molar-refractivity contribution in [3.63, 3.8) is 0 Å². The molecule has 0 amide bonds. The lowest BCUT2D eigenvalue weighted by atomic mass is 10.0. The summed E-state index contributed by atoms with van der Waals surface area (Å²) in [6.07, 6.45) is 0. The molecule has 0 bridgehead atoms. The fraction of sp³-hybridized carbons (Fsp3) is 0.0476. The Bertz CT molecular complexity index is 1100. The van der Waals surface area contributed by atoms with Crippen LogP contribution < -0.4 is 0 Å². The van der Waals surface area contributed by atoms with E-state index < -0.39 is 6.61 Å². The average Bonchev–Trinajstić information content (AvgIpc) is 3.11. The van der Waals surface area contributed by atoms with Crippen LogP contribution in [0.25, 0.3) is 33.5 Å². The van der Waals surface area contributed by atoms with Gasteiger partial charge in [-0.2, -0.15) is 0 Å². The number of aliphatic hydroxyl groups excluding tert-OH is 1. The van der Waals surface area contributed by atoms with Gasteiger partial charge in [0, 0.05) is 16.7 Å². The number of aromatic amines is 1. The molecule has 0 fully saturated rings. The van der Waals surface area contributed by atoms with Crippen LogP contribution in [0.3, 0.4) is 0 Å². The number of Topliss-reactive ketones (excluding diaryl/α,β-unsaturated/α-hetero) is 1. The van der Waals surface area contributed by atoms with Crippen molar-refractivity contribution in [2.45, 2.75) is 0 Å². The smallest absolute Gasteiger partial charge is 0.188 e. The minimum absolute atomic E-state index is 0.328. The number of hydrogen-bond donors (Lipinski definition) is 2. The van der Waals surface area contributed by atoms with Crippen molar-refractivity contribution in [2.75, 3.05) is 6.61 Å². The summed E-state index contributed by atoms with van der Waals surface area (Å²) in [5.74, 6) is -0.168. The van der Waals surface area contributed by atoms with Gasteiger partial charge in [-0.05, 0) is 29.8 Å². The maximum atomic E-state index is 14.6. The van der Waals surface area contributed by atoms with Gasteiger partial charge in [-0.15, -0.1) is 0 Å². The number of fused-ring (bicyclic) bond motifs is 1. The molecule has 1 aromatic heterocycles. The number of carbonyl (C=O) groups is 1. The van der Waals surface area contributed by atoms with Crippen LogP contribution in [0, 0.1) is 5.82 Å². The summed E-state index contributed by atoms with van der Waals surface area (Å²) in [5.41, 5.74) is 3.69. The highest BCUT2D eigenvalue weighted by Gasteiger charge is 2.12. The second kappa shape index (κ2) is 6.54. The second-order valence-corrected chi connectivity index (χ2v) is 5.96. The molecule has 0 aliphatic rings. The molecule has 4 aromatic rings. The first-order chi connectivity index (χ1) is 12.7. The SMILES string of the molecule is O=C(CO)c1ccc2nc(-c3ccc(-c4ccccc4)c(F)c3)[nH]c2c1. The van der Waals surface area contributed by atoms with Gasteiger partial charge in [-0.1, -0.05) is 42.5 Å². The number of halogens is 1. The highest BCUT2D eigenvalue weighted by Crippen LogP contribution is 2.28. The van der Waals surface area contributed by atoms with Gasteiger partial charge in [0.25, 0.3) is 0 Å². The number of aromatic nitrogens is 2. The zero-order valence-electron chi connectivity index (χ0n) is 13.7. The first-order valence-electron chi connectivity index (χ1n) is 8.15. The monoisotopic (exact) mass is 346 g/mol. The molecule has 0 unspecified atom stereocenters. The van der Waals surface area contributed by atoms with Crippen molar-refractivity contribution in [1.29, 1.82) is 0 Å². The molecular formula is C21H15FN2O2. The lowest BCUT2D eigenvalue weighted by molar-refractivity contribution is 0.0904. The molecule has 0 saturated carbocycles. The third kappa shape index (κ3) is 2.89. The molecule has 1 heterocycles. The van der Waals surface area contributed by atoms with Gasteiger partial charge in [0.15, 0.2) is 5.78 Å². The number of ketones is 1. The summed E-state index contributed by atoms with van der Waals surface area (Å²) < 4.78 is 14.6. The number of aliphatic hydroxyl groups is 1. The predicted octanol–water partition coefficient (Wildman–Crippen LogP) is 4.21. The van der Waals surface area contributed by atoms with Crippen LogP contribution in [0.5, 0.6) is 0 Å². The summed E-state index contributed by atoms with van der Waals surface area (Å²) >= 11 is 0. The number of imidazole rings is 1. The summed E-state index contributed by atoms with van der Waals surface area (Å²) in [7, 11) is 0. The van der Waals surface area contributed by atoms with Crippen LogP contribution in [0.4, 0.5) is 4.39 Å². The van der Waals surface area contributed by atoms with Crippen molar-refractivity contribution in [1.82, 2.24) is 9.97 Å². The lowest BCUT2D eigenvalue weighted by Gasteiger charge is -2.05. The van der Waals surface area contributed by atoms with Crippen LogP contribution >= 0.6 is 0 Å². The number of carbonyl (C=O) groups excluding carboxylic acids is 1. The van der Waals surface area contributed by atoms with Gasteiger partial charge in [0.05, 0.1) is 11.0 Å². The summed E-state index contributed by atoms with van der Waals surface area (Å²) in [6, 6.07) is 19.3. The molecule has 128 valence electrons. The number of hydrogen-bond acceptors (Lipinski definition) is 3. The fourth-order valence-electron chi connectivity index (χ4n) is 2.93. The lowest BCUT2D eigenvalue weighted by Crippen LogP contribution is -2.03. The molecule has 2 N–H and O–H groups in total. The number of nitrogens with one attached hydrogen (secondary N) is 1. The quantitative estimate of drug-likeness (QED) is 0.544. The first kappa shape index (κ1) is 16.2. The molecular weight excluding hydrogens is 331 g/mol. The molecule has 4 nitrogen and oxygen atoms in total. The molecule has 0 aliphatic carbocycles. The summed E-state index contributed by atoms with van der Waals surface area (Å²) in [6.45, 7) is -0.543. The van der Waals surface area contributed by atoms with Gasteiger partial charge in [-0.25, -0.2) is 9.37 Å². The third-order valence-corrected chi connectivity index (χ3v) is 4.27. The minimum Gasteiger partial charge on any atom is -0.388 e. The molecule has 26 heavy (non-hydrogen) atoms. The van der Waals surface area contributed by atoms with Gasteiger partial charge in [0.1, 0.15) is 18.2 Å². The van der Waals surface area contributed by atoms with E-state index in [0.29, 0.717) is 33.5 Å². The van der Waals surface area contributed by atoms with Crippen molar-refractivity contribution in [3.8, 4) is 22.5 Å². The molecule has 4 rings (SSSR count). The molecule has 0 saturated heterocycles. The minimum atomic E-state index is -0.543. The highest BCUT2D eigenvalue weighted by molar-refractivity contribution is 5.99. The fourth-order valence-corrected chi connectivity index (χ4v) is 2.93. The van der Waals surface area contributed by atoms with E-state index >= 15 is 0 Å². The van der Waals surface area contributed by atoms with Gasteiger partial charge >= 0.3 is 0 Å². The molecule has 0 radical (unpaired) electrons. The van der Waals surface area contributed by atoms with E-state index in [2.05, 4.69) is 9.97 Å². The third-order valence-electron chi connectivity index (χ3n) is 4.27. The van der Waals surface area contributed by atoms with Crippen molar-refractivity contribution >= 4 is 16.8 Å². The van der Waals surface area contributed by atoms with E-state index in [1.165, 1.54) is 6.07 Å². The number of nitrogens with zero attached hydrogens (tertiary/aromatic N) is 1. The molecule has 3 aromatic carbocycles. The van der Waals surface area contributed by atoms with Crippen molar-refractivity contribution in [3.05, 3.63) is 78.1 Å². The Hall–Kier alpha value is -3.31. The second-order valence-electron chi connectivity index (χ2n) is 5.96. The van der Waals surface area contributed by atoms with Gasteiger partial charge in [-0.3, -0.25) is 4.79 Å². The maximum absolute atomic E-state index is 14.6. The number of H-pyrrole nitrogens is 1. The van der Waals surface area contributed by atoms with E-state index in [4.69, 9.17) is 5.11 Å². The molecule has 0 atom stereocenters. The van der Waals surface area contributed by atoms with Crippen molar-refractivity contribution < 1.29 is 14.3 Å². The Labute approximate surface area is 149 Å².